The van der Waals surface area contributed by atoms with Gasteiger partial charge in [-0.2, -0.15) is 0 Å². The van der Waals surface area contributed by atoms with Gasteiger partial charge in [0.2, 0.25) is 0 Å². The van der Waals surface area contributed by atoms with Crippen molar-refractivity contribution in [3.8, 4) is 0 Å². The average Bonchev–Trinajstić information content (AvgIpc) is 2.54. The molecule has 4 heteroatoms. The number of rotatable bonds is 7. The van der Waals surface area contributed by atoms with Crippen molar-refractivity contribution in [3.63, 3.8) is 0 Å². The Kier molecular flexibility index (Phi) is 6.51. The van der Waals surface area contributed by atoms with E-state index in [1.54, 1.807) is 12.3 Å². The second-order valence-electron chi connectivity index (χ2n) is 5.91. The first-order chi connectivity index (χ1) is 10.3. The summed E-state index contributed by atoms with van der Waals surface area (Å²) in [7, 11) is 0. The fraction of sp³-hybridized carbons (Fsp3) is 0.647. The molecule has 1 fully saturated rings. The molecule has 0 aliphatic heterocycles. The molecule has 0 atom stereocenters. The number of carbonyl (C=O) groups is 1. The molecule has 1 aromatic rings. The Bertz CT molecular complexity index is 441. The van der Waals surface area contributed by atoms with Crippen molar-refractivity contribution < 1.29 is 4.79 Å². The average molecular weight is 289 g/mol. The summed E-state index contributed by atoms with van der Waals surface area (Å²) in [6, 6.07) is 3.60. The minimum absolute atomic E-state index is 0.00718. The first-order valence-corrected chi connectivity index (χ1v) is 8.27. The van der Waals surface area contributed by atoms with E-state index in [1.807, 2.05) is 6.07 Å². The van der Waals surface area contributed by atoms with Gasteiger partial charge in [0.1, 0.15) is 5.82 Å². The molecule has 116 valence electrons. The Morgan fingerprint density at radius 1 is 1.29 bits per heavy atom. The van der Waals surface area contributed by atoms with Crippen LogP contribution in [0.5, 0.6) is 0 Å². The number of carbonyl (C=O) groups excluding carboxylic acids is 1. The van der Waals surface area contributed by atoms with Gasteiger partial charge in [0, 0.05) is 24.8 Å². The lowest BCUT2D eigenvalue weighted by Gasteiger charge is -2.21. The largest absolute Gasteiger partial charge is 0.370 e. The number of amides is 1. The molecule has 0 unspecified atom stereocenters. The predicted octanol–water partition coefficient (Wildman–Crippen LogP) is 3.60. The van der Waals surface area contributed by atoms with E-state index in [2.05, 4.69) is 22.5 Å². The molecule has 1 aliphatic rings. The molecule has 2 N–H and O–H groups in total. The minimum Gasteiger partial charge on any atom is -0.370 e. The monoisotopic (exact) mass is 289 g/mol. The van der Waals surface area contributed by atoms with Crippen molar-refractivity contribution in [1.82, 2.24) is 10.3 Å². The number of hydrogen-bond donors (Lipinski definition) is 2. The van der Waals surface area contributed by atoms with Gasteiger partial charge in [-0.1, -0.05) is 39.0 Å². The van der Waals surface area contributed by atoms with Crippen LogP contribution in [-0.2, 0) is 0 Å². The Morgan fingerprint density at radius 3 is 2.86 bits per heavy atom. The van der Waals surface area contributed by atoms with E-state index in [9.17, 15) is 4.79 Å². The highest BCUT2D eigenvalue weighted by atomic mass is 16.1. The molecule has 1 aliphatic carbocycles. The molecule has 1 aromatic heterocycles. The third-order valence-electron chi connectivity index (χ3n) is 4.14. The molecule has 1 amide bonds. The summed E-state index contributed by atoms with van der Waals surface area (Å²) in [6.07, 6.45) is 10.6. The summed E-state index contributed by atoms with van der Waals surface area (Å²) in [5.41, 5.74) is 0.687. The molecule has 1 heterocycles. The molecule has 0 bridgehead atoms. The van der Waals surface area contributed by atoms with E-state index in [1.165, 1.54) is 32.1 Å². The van der Waals surface area contributed by atoms with Gasteiger partial charge in [-0.25, -0.2) is 4.98 Å². The Labute approximate surface area is 127 Å². The molecular weight excluding hydrogens is 262 g/mol. The van der Waals surface area contributed by atoms with Crippen LogP contribution < -0.4 is 10.6 Å². The molecule has 21 heavy (non-hydrogen) atoms. The van der Waals surface area contributed by atoms with Crippen molar-refractivity contribution >= 4 is 11.7 Å². The number of nitrogens with one attached hydrogen (secondary N) is 2. The lowest BCUT2D eigenvalue weighted by Crippen LogP contribution is -2.26. The SMILES string of the molecule is CCCNc1cc(C(=O)NCCC2CCCCC2)ccn1. The number of anilines is 1. The van der Waals surface area contributed by atoms with Crippen molar-refractivity contribution in [1.29, 1.82) is 0 Å². The lowest BCUT2D eigenvalue weighted by molar-refractivity contribution is 0.0950. The normalized spacial score (nSPS) is 15.7. The minimum atomic E-state index is 0.00718. The number of nitrogens with zero attached hydrogens (tertiary/aromatic N) is 1. The number of hydrogen-bond acceptors (Lipinski definition) is 3. The first-order valence-electron chi connectivity index (χ1n) is 8.27. The maximum atomic E-state index is 12.1. The van der Waals surface area contributed by atoms with Crippen LogP contribution >= 0.6 is 0 Å². The second kappa shape index (κ2) is 8.65. The van der Waals surface area contributed by atoms with Crippen LogP contribution in [-0.4, -0.2) is 24.0 Å². The molecule has 0 radical (unpaired) electrons. The smallest absolute Gasteiger partial charge is 0.251 e. The van der Waals surface area contributed by atoms with Crippen molar-refractivity contribution in [2.45, 2.75) is 51.9 Å². The number of pyridine rings is 1. The standard InChI is InChI=1S/C17H27N3O/c1-2-10-18-16-13-15(9-12-19-16)17(21)20-11-8-14-6-4-3-5-7-14/h9,12-14H,2-8,10-11H2,1H3,(H,18,19)(H,20,21). The summed E-state index contributed by atoms with van der Waals surface area (Å²) in [6.45, 7) is 3.76. The predicted molar refractivity (Wildman–Crippen MR) is 86.5 cm³/mol. The maximum Gasteiger partial charge on any atom is 0.251 e. The highest BCUT2D eigenvalue weighted by molar-refractivity contribution is 5.94. The van der Waals surface area contributed by atoms with Gasteiger partial charge in [0.05, 0.1) is 0 Å². The van der Waals surface area contributed by atoms with E-state index >= 15 is 0 Å². The zero-order valence-electron chi connectivity index (χ0n) is 13.0. The number of aromatic nitrogens is 1. The van der Waals surface area contributed by atoms with Crippen LogP contribution in [0.3, 0.4) is 0 Å². The topological polar surface area (TPSA) is 54.0 Å². The van der Waals surface area contributed by atoms with Crippen molar-refractivity contribution in [3.05, 3.63) is 23.9 Å². The summed E-state index contributed by atoms with van der Waals surface area (Å²) in [4.78, 5) is 16.4. The fourth-order valence-electron chi connectivity index (χ4n) is 2.89. The van der Waals surface area contributed by atoms with Gasteiger partial charge >= 0.3 is 0 Å². The van der Waals surface area contributed by atoms with E-state index < -0.39 is 0 Å². The van der Waals surface area contributed by atoms with Crippen LogP contribution in [0.4, 0.5) is 5.82 Å². The van der Waals surface area contributed by atoms with Crippen LogP contribution in [0.25, 0.3) is 0 Å². The molecule has 0 aromatic carbocycles. The third kappa shape index (κ3) is 5.37. The van der Waals surface area contributed by atoms with Gasteiger partial charge in [-0.15, -0.1) is 0 Å². The quantitative estimate of drug-likeness (QED) is 0.806. The van der Waals surface area contributed by atoms with Crippen LogP contribution in [0.15, 0.2) is 18.3 Å². The molecule has 0 saturated heterocycles. The van der Waals surface area contributed by atoms with E-state index in [0.29, 0.717) is 5.56 Å². The van der Waals surface area contributed by atoms with Gasteiger partial charge in [-0.05, 0) is 30.9 Å². The summed E-state index contributed by atoms with van der Waals surface area (Å²) >= 11 is 0. The molecule has 2 rings (SSSR count). The van der Waals surface area contributed by atoms with E-state index in [-0.39, 0.29) is 5.91 Å². The van der Waals surface area contributed by atoms with Crippen molar-refractivity contribution in [2.24, 2.45) is 5.92 Å². The summed E-state index contributed by atoms with van der Waals surface area (Å²) in [5.74, 6) is 1.59. The summed E-state index contributed by atoms with van der Waals surface area (Å²) < 4.78 is 0. The van der Waals surface area contributed by atoms with Gasteiger partial charge in [0.15, 0.2) is 0 Å². The Morgan fingerprint density at radius 2 is 2.10 bits per heavy atom. The van der Waals surface area contributed by atoms with Crippen LogP contribution in [0.1, 0.15) is 62.2 Å². The Balaban J connectivity index is 1.76. The molecule has 0 spiro atoms. The second-order valence-corrected chi connectivity index (χ2v) is 5.91. The molecule has 4 nitrogen and oxygen atoms in total. The molecule has 1 saturated carbocycles. The molecular formula is C17H27N3O. The third-order valence-corrected chi connectivity index (χ3v) is 4.14. The zero-order chi connectivity index (χ0) is 14.9. The van der Waals surface area contributed by atoms with E-state index in [0.717, 1.165) is 37.7 Å². The Hall–Kier alpha value is -1.58. The fourth-order valence-corrected chi connectivity index (χ4v) is 2.89. The van der Waals surface area contributed by atoms with Gasteiger partial charge < -0.3 is 10.6 Å². The van der Waals surface area contributed by atoms with Crippen molar-refractivity contribution in [2.75, 3.05) is 18.4 Å². The maximum absolute atomic E-state index is 12.1. The van der Waals surface area contributed by atoms with E-state index in [4.69, 9.17) is 0 Å². The van der Waals surface area contributed by atoms with Crippen LogP contribution in [0, 0.1) is 5.92 Å². The lowest BCUT2D eigenvalue weighted by atomic mass is 9.87. The highest BCUT2D eigenvalue weighted by Crippen LogP contribution is 2.25. The first kappa shape index (κ1) is 15.8. The van der Waals surface area contributed by atoms with Gasteiger partial charge in [0.25, 0.3) is 5.91 Å². The highest BCUT2D eigenvalue weighted by Gasteiger charge is 2.13. The zero-order valence-corrected chi connectivity index (χ0v) is 13.0. The van der Waals surface area contributed by atoms with Crippen LogP contribution in [0.2, 0.25) is 0 Å². The summed E-state index contributed by atoms with van der Waals surface area (Å²) in [5, 5.41) is 6.24. The van der Waals surface area contributed by atoms with Gasteiger partial charge in [-0.3, -0.25) is 4.79 Å².